The van der Waals surface area contributed by atoms with Gasteiger partial charge in [-0.1, -0.05) is 6.07 Å². The Bertz CT molecular complexity index is 528. The molecule has 5 nitrogen and oxygen atoms in total. The normalized spacial score (nSPS) is 10.2. The predicted molar refractivity (Wildman–Crippen MR) is 67.2 cm³/mol. The molecule has 1 aromatic carbocycles. The maximum absolute atomic E-state index is 12.9. The molecule has 1 aromatic heterocycles. The van der Waals surface area contributed by atoms with E-state index in [2.05, 4.69) is 15.3 Å². The molecular weight excluding hydrogens is 249 g/mol. The van der Waals surface area contributed by atoms with E-state index in [1.54, 1.807) is 18.5 Å². The molecule has 0 atom stereocenters. The van der Waals surface area contributed by atoms with E-state index in [-0.39, 0.29) is 12.5 Å². The average molecular weight is 263 g/mol. The second kappa shape index (κ2) is 6.53. The van der Waals surface area contributed by atoms with Gasteiger partial charge in [0.15, 0.2) is 6.61 Å². The van der Waals surface area contributed by atoms with Gasteiger partial charge in [0.25, 0.3) is 5.91 Å². The Kier molecular flexibility index (Phi) is 4.49. The average Bonchev–Trinajstić information content (AvgIpc) is 2.90. The van der Waals surface area contributed by atoms with Crippen molar-refractivity contribution in [1.82, 2.24) is 15.3 Å². The number of carbonyl (C=O) groups excluding carboxylic acids is 1. The summed E-state index contributed by atoms with van der Waals surface area (Å²) in [5.74, 6) is 0.499. The first-order valence-electron chi connectivity index (χ1n) is 5.87. The summed E-state index contributed by atoms with van der Waals surface area (Å²) < 4.78 is 18.0. The smallest absolute Gasteiger partial charge is 0.257 e. The van der Waals surface area contributed by atoms with Gasteiger partial charge < -0.3 is 15.0 Å². The first kappa shape index (κ1) is 13.1. The molecule has 2 aromatic rings. The summed E-state index contributed by atoms with van der Waals surface area (Å²) in [6, 6.07) is 5.67. The Morgan fingerprint density at radius 2 is 2.37 bits per heavy atom. The minimum atomic E-state index is -0.393. The SMILES string of the molecule is O=C(COc1cccc(F)c1)NCCc1ncc[nH]1. The Morgan fingerprint density at radius 3 is 3.11 bits per heavy atom. The van der Waals surface area contributed by atoms with Gasteiger partial charge in [-0.2, -0.15) is 0 Å². The van der Waals surface area contributed by atoms with Crippen LogP contribution < -0.4 is 10.1 Å². The highest BCUT2D eigenvalue weighted by Gasteiger charge is 2.03. The van der Waals surface area contributed by atoms with E-state index in [9.17, 15) is 9.18 Å². The highest BCUT2D eigenvalue weighted by atomic mass is 19.1. The van der Waals surface area contributed by atoms with E-state index in [0.717, 1.165) is 5.82 Å². The molecular formula is C13H14FN3O2. The Labute approximate surface area is 109 Å². The molecule has 0 bridgehead atoms. The molecule has 2 rings (SSSR count). The van der Waals surface area contributed by atoms with Gasteiger partial charge in [0.1, 0.15) is 17.4 Å². The maximum atomic E-state index is 12.9. The summed E-state index contributed by atoms with van der Waals surface area (Å²) in [5.41, 5.74) is 0. The number of imidazole rings is 1. The molecule has 2 N–H and O–H groups in total. The number of carbonyl (C=O) groups is 1. The van der Waals surface area contributed by atoms with Crippen molar-refractivity contribution in [2.45, 2.75) is 6.42 Å². The van der Waals surface area contributed by atoms with Gasteiger partial charge in [0.2, 0.25) is 0 Å². The van der Waals surface area contributed by atoms with Crippen LogP contribution in [0.1, 0.15) is 5.82 Å². The number of nitrogens with one attached hydrogen (secondary N) is 2. The third kappa shape index (κ3) is 4.42. The molecule has 0 spiro atoms. The topological polar surface area (TPSA) is 67.0 Å². The highest BCUT2D eigenvalue weighted by Crippen LogP contribution is 2.11. The Balaban J connectivity index is 1.67. The number of rotatable bonds is 6. The second-order valence-electron chi connectivity index (χ2n) is 3.88. The zero-order valence-corrected chi connectivity index (χ0v) is 10.2. The lowest BCUT2D eigenvalue weighted by Crippen LogP contribution is -2.30. The fourth-order valence-electron chi connectivity index (χ4n) is 1.51. The minimum absolute atomic E-state index is 0.137. The summed E-state index contributed by atoms with van der Waals surface area (Å²) >= 11 is 0. The van der Waals surface area contributed by atoms with Crippen molar-refractivity contribution >= 4 is 5.91 Å². The number of amides is 1. The van der Waals surface area contributed by atoms with E-state index >= 15 is 0 Å². The largest absolute Gasteiger partial charge is 0.484 e. The third-order valence-corrected chi connectivity index (χ3v) is 2.40. The predicted octanol–water partition coefficient (Wildman–Crippen LogP) is 1.29. The molecule has 0 unspecified atom stereocenters. The molecule has 0 saturated heterocycles. The number of hydrogen-bond donors (Lipinski definition) is 2. The van der Waals surface area contributed by atoms with Crippen molar-refractivity contribution in [1.29, 1.82) is 0 Å². The van der Waals surface area contributed by atoms with Crippen LogP contribution in [0.5, 0.6) is 5.75 Å². The van der Waals surface area contributed by atoms with Crippen molar-refractivity contribution in [2.24, 2.45) is 0 Å². The molecule has 1 amide bonds. The Morgan fingerprint density at radius 1 is 1.47 bits per heavy atom. The lowest BCUT2D eigenvalue weighted by Gasteiger charge is -2.06. The van der Waals surface area contributed by atoms with Crippen molar-refractivity contribution in [2.75, 3.05) is 13.2 Å². The molecule has 0 saturated carbocycles. The van der Waals surface area contributed by atoms with Crippen molar-refractivity contribution in [3.05, 3.63) is 48.3 Å². The van der Waals surface area contributed by atoms with Gasteiger partial charge in [-0.25, -0.2) is 9.37 Å². The van der Waals surface area contributed by atoms with E-state index in [1.165, 1.54) is 18.2 Å². The van der Waals surface area contributed by atoms with Gasteiger partial charge in [-0.3, -0.25) is 4.79 Å². The number of benzene rings is 1. The van der Waals surface area contributed by atoms with Crippen LogP contribution in [0, 0.1) is 5.82 Å². The number of halogens is 1. The number of ether oxygens (including phenoxy) is 1. The van der Waals surface area contributed by atoms with Gasteiger partial charge in [-0.05, 0) is 12.1 Å². The molecule has 0 aliphatic rings. The number of H-pyrrole nitrogens is 1. The quantitative estimate of drug-likeness (QED) is 0.825. The summed E-state index contributed by atoms with van der Waals surface area (Å²) in [6.07, 6.45) is 4.01. The Hall–Kier alpha value is -2.37. The van der Waals surface area contributed by atoms with Gasteiger partial charge in [0.05, 0.1) is 0 Å². The molecule has 0 aliphatic heterocycles. The van der Waals surface area contributed by atoms with E-state index < -0.39 is 5.82 Å². The van der Waals surface area contributed by atoms with Crippen LogP contribution >= 0.6 is 0 Å². The summed E-state index contributed by atoms with van der Waals surface area (Å²) in [4.78, 5) is 18.4. The molecule has 0 fully saturated rings. The summed E-state index contributed by atoms with van der Waals surface area (Å²) in [5, 5.41) is 2.69. The number of aromatic amines is 1. The lowest BCUT2D eigenvalue weighted by molar-refractivity contribution is -0.123. The van der Waals surface area contributed by atoms with E-state index in [4.69, 9.17) is 4.74 Å². The molecule has 1 heterocycles. The van der Waals surface area contributed by atoms with Crippen LogP contribution in [0.2, 0.25) is 0 Å². The van der Waals surface area contributed by atoms with E-state index in [0.29, 0.717) is 18.7 Å². The molecule has 0 aliphatic carbocycles. The van der Waals surface area contributed by atoms with Crippen LogP contribution in [0.15, 0.2) is 36.7 Å². The lowest BCUT2D eigenvalue weighted by atomic mass is 10.3. The summed E-state index contributed by atoms with van der Waals surface area (Å²) in [6.45, 7) is 0.334. The number of nitrogens with zero attached hydrogens (tertiary/aromatic N) is 1. The van der Waals surface area contributed by atoms with Gasteiger partial charge in [0, 0.05) is 31.4 Å². The summed E-state index contributed by atoms with van der Waals surface area (Å²) in [7, 11) is 0. The number of aromatic nitrogens is 2. The molecule has 100 valence electrons. The van der Waals surface area contributed by atoms with Crippen LogP contribution in [-0.4, -0.2) is 29.0 Å². The molecule has 19 heavy (non-hydrogen) atoms. The zero-order valence-electron chi connectivity index (χ0n) is 10.2. The van der Waals surface area contributed by atoms with Crippen molar-refractivity contribution in [3.63, 3.8) is 0 Å². The monoisotopic (exact) mass is 263 g/mol. The fourth-order valence-corrected chi connectivity index (χ4v) is 1.51. The van der Waals surface area contributed by atoms with Crippen molar-refractivity contribution in [3.8, 4) is 5.75 Å². The fraction of sp³-hybridized carbons (Fsp3) is 0.231. The second-order valence-corrected chi connectivity index (χ2v) is 3.88. The number of hydrogen-bond acceptors (Lipinski definition) is 3. The zero-order chi connectivity index (χ0) is 13.5. The standard InChI is InChI=1S/C13H14FN3O2/c14-10-2-1-3-11(8-10)19-9-13(18)17-5-4-12-15-6-7-16-12/h1-3,6-8H,4-5,9H2,(H,15,16)(H,17,18). The van der Waals surface area contributed by atoms with Crippen LogP contribution in [0.25, 0.3) is 0 Å². The van der Waals surface area contributed by atoms with Crippen molar-refractivity contribution < 1.29 is 13.9 Å². The minimum Gasteiger partial charge on any atom is -0.484 e. The first-order valence-corrected chi connectivity index (χ1v) is 5.87. The van der Waals surface area contributed by atoms with Gasteiger partial charge in [-0.15, -0.1) is 0 Å². The van der Waals surface area contributed by atoms with Gasteiger partial charge >= 0.3 is 0 Å². The highest BCUT2D eigenvalue weighted by molar-refractivity contribution is 5.77. The third-order valence-electron chi connectivity index (χ3n) is 2.40. The van der Waals surface area contributed by atoms with E-state index in [1.807, 2.05) is 0 Å². The molecule has 6 heteroatoms. The first-order chi connectivity index (χ1) is 9.24. The molecule has 0 radical (unpaired) electrons. The van der Waals surface area contributed by atoms with Crippen LogP contribution in [-0.2, 0) is 11.2 Å². The van der Waals surface area contributed by atoms with Crippen LogP contribution in [0.4, 0.5) is 4.39 Å². The van der Waals surface area contributed by atoms with Crippen LogP contribution in [0.3, 0.4) is 0 Å². The maximum Gasteiger partial charge on any atom is 0.257 e.